The molecule has 0 unspecified atom stereocenters. The summed E-state index contributed by atoms with van der Waals surface area (Å²) < 4.78 is 5.51. The predicted molar refractivity (Wildman–Crippen MR) is 90.2 cm³/mol. The van der Waals surface area contributed by atoms with Crippen LogP contribution in [0.4, 0.5) is 5.69 Å². The summed E-state index contributed by atoms with van der Waals surface area (Å²) in [5.41, 5.74) is 4.89. The molecule has 0 spiro atoms. The highest BCUT2D eigenvalue weighted by Crippen LogP contribution is 2.21. The lowest BCUT2D eigenvalue weighted by atomic mass is 10.1. The molecular weight excluding hydrogens is 310 g/mol. The van der Waals surface area contributed by atoms with E-state index < -0.39 is 10.8 Å². The number of benzene rings is 2. The molecule has 24 heavy (non-hydrogen) atoms. The molecule has 2 aromatic carbocycles. The van der Waals surface area contributed by atoms with Crippen LogP contribution in [0.2, 0.25) is 0 Å². The number of carbonyl (C=O) groups excluding carboxylic acids is 1. The smallest absolute Gasteiger partial charge is 0.277 e. The van der Waals surface area contributed by atoms with Gasteiger partial charge in [0.1, 0.15) is 5.75 Å². The average Bonchev–Trinajstić information content (AvgIpc) is 2.55. The second-order valence-corrected chi connectivity index (χ2v) is 5.15. The second-order valence-electron chi connectivity index (χ2n) is 5.15. The van der Waals surface area contributed by atoms with Crippen LogP contribution in [-0.4, -0.2) is 23.7 Å². The normalized spacial score (nSPS) is 10.6. The maximum atomic E-state index is 11.7. The number of rotatable bonds is 6. The molecule has 1 N–H and O–H groups in total. The zero-order valence-corrected chi connectivity index (χ0v) is 13.4. The number of nitro groups is 1. The average molecular weight is 327 g/mol. The van der Waals surface area contributed by atoms with Crippen LogP contribution in [0.5, 0.6) is 5.75 Å². The fourth-order valence-electron chi connectivity index (χ4n) is 2.06. The van der Waals surface area contributed by atoms with Crippen LogP contribution >= 0.6 is 0 Å². The maximum absolute atomic E-state index is 11.7. The number of nitrogens with one attached hydrogen (secondary N) is 1. The van der Waals surface area contributed by atoms with E-state index >= 15 is 0 Å². The van der Waals surface area contributed by atoms with Crippen molar-refractivity contribution in [2.75, 3.05) is 6.61 Å². The number of nitrogens with zero attached hydrogens (tertiary/aromatic N) is 2. The molecule has 0 heterocycles. The van der Waals surface area contributed by atoms with E-state index in [1.807, 2.05) is 32.0 Å². The van der Waals surface area contributed by atoms with Crippen LogP contribution in [0.1, 0.15) is 16.7 Å². The summed E-state index contributed by atoms with van der Waals surface area (Å²) in [5.74, 6) is 0.294. The molecule has 0 radical (unpaired) electrons. The lowest BCUT2D eigenvalue weighted by Gasteiger charge is -2.10. The van der Waals surface area contributed by atoms with Gasteiger partial charge in [0.25, 0.3) is 11.6 Å². The van der Waals surface area contributed by atoms with Gasteiger partial charge in [-0.15, -0.1) is 0 Å². The number of para-hydroxylation sites is 1. The van der Waals surface area contributed by atoms with Crippen molar-refractivity contribution in [1.82, 2.24) is 5.43 Å². The van der Waals surface area contributed by atoms with Gasteiger partial charge in [-0.2, -0.15) is 5.10 Å². The molecule has 0 bridgehead atoms. The Morgan fingerprint density at radius 1 is 1.21 bits per heavy atom. The molecule has 2 aromatic rings. The van der Waals surface area contributed by atoms with E-state index in [1.165, 1.54) is 18.3 Å². The third-order valence-electron chi connectivity index (χ3n) is 3.26. The first-order valence-corrected chi connectivity index (χ1v) is 7.23. The maximum Gasteiger partial charge on any atom is 0.277 e. The molecule has 0 saturated heterocycles. The molecule has 0 aliphatic rings. The molecule has 0 aliphatic carbocycles. The number of carbonyl (C=O) groups is 1. The van der Waals surface area contributed by atoms with Crippen molar-refractivity contribution in [1.29, 1.82) is 0 Å². The van der Waals surface area contributed by atoms with Gasteiger partial charge < -0.3 is 4.74 Å². The van der Waals surface area contributed by atoms with E-state index in [2.05, 4.69) is 10.5 Å². The molecule has 0 saturated carbocycles. The SMILES string of the molecule is Cc1cccc(C)c1OCC(=O)NN=Cc1ccc([N+](=O)[O-])cc1. The minimum absolute atomic E-state index is 0.00168. The summed E-state index contributed by atoms with van der Waals surface area (Å²) in [6.07, 6.45) is 1.40. The monoisotopic (exact) mass is 327 g/mol. The summed E-state index contributed by atoms with van der Waals surface area (Å²) in [6, 6.07) is 11.6. The summed E-state index contributed by atoms with van der Waals surface area (Å²) in [5, 5.41) is 14.4. The van der Waals surface area contributed by atoms with Crippen molar-refractivity contribution >= 4 is 17.8 Å². The number of aryl methyl sites for hydroxylation is 2. The van der Waals surface area contributed by atoms with E-state index in [0.29, 0.717) is 11.3 Å². The minimum atomic E-state index is -0.479. The summed E-state index contributed by atoms with van der Waals surface area (Å²) in [6.45, 7) is 3.67. The molecular formula is C17H17N3O4. The van der Waals surface area contributed by atoms with Gasteiger partial charge in [-0.05, 0) is 42.7 Å². The summed E-state index contributed by atoms with van der Waals surface area (Å²) in [4.78, 5) is 21.8. The van der Waals surface area contributed by atoms with Crippen LogP contribution in [-0.2, 0) is 4.79 Å². The predicted octanol–water partition coefficient (Wildman–Crippen LogP) is 2.74. The highest BCUT2D eigenvalue weighted by atomic mass is 16.6. The van der Waals surface area contributed by atoms with Crippen molar-refractivity contribution < 1.29 is 14.5 Å². The lowest BCUT2D eigenvalue weighted by molar-refractivity contribution is -0.384. The Hall–Kier alpha value is -3.22. The van der Waals surface area contributed by atoms with Crippen LogP contribution in [0.3, 0.4) is 0 Å². The van der Waals surface area contributed by atoms with E-state index in [9.17, 15) is 14.9 Å². The number of hydrogen-bond acceptors (Lipinski definition) is 5. The van der Waals surface area contributed by atoms with Gasteiger partial charge in [0, 0.05) is 12.1 Å². The van der Waals surface area contributed by atoms with Gasteiger partial charge in [0.15, 0.2) is 6.61 Å². The van der Waals surface area contributed by atoms with E-state index in [0.717, 1.165) is 11.1 Å². The zero-order chi connectivity index (χ0) is 17.5. The molecule has 0 aliphatic heterocycles. The standard InChI is InChI=1S/C17H17N3O4/c1-12-4-3-5-13(2)17(12)24-11-16(21)19-18-10-14-6-8-15(9-7-14)20(22)23/h3-10H,11H2,1-2H3,(H,19,21). The minimum Gasteiger partial charge on any atom is -0.483 e. The third-order valence-corrected chi connectivity index (χ3v) is 3.26. The van der Waals surface area contributed by atoms with Crippen molar-refractivity contribution in [3.63, 3.8) is 0 Å². The molecule has 7 nitrogen and oxygen atoms in total. The second kappa shape index (κ2) is 7.87. The van der Waals surface area contributed by atoms with Crippen molar-refractivity contribution in [2.45, 2.75) is 13.8 Å². The third kappa shape index (κ3) is 4.64. The Morgan fingerprint density at radius 2 is 1.83 bits per heavy atom. The largest absolute Gasteiger partial charge is 0.483 e. The Bertz CT molecular complexity index is 750. The Morgan fingerprint density at radius 3 is 2.42 bits per heavy atom. The quantitative estimate of drug-likeness (QED) is 0.501. The first-order valence-electron chi connectivity index (χ1n) is 7.23. The van der Waals surface area contributed by atoms with Crippen LogP contribution in [0.25, 0.3) is 0 Å². The lowest BCUT2D eigenvalue weighted by Crippen LogP contribution is -2.25. The molecule has 2 rings (SSSR count). The number of amides is 1. The van der Waals surface area contributed by atoms with Gasteiger partial charge in [-0.25, -0.2) is 5.43 Å². The fourth-order valence-corrected chi connectivity index (χ4v) is 2.06. The summed E-state index contributed by atoms with van der Waals surface area (Å²) in [7, 11) is 0. The van der Waals surface area contributed by atoms with Crippen LogP contribution in [0.15, 0.2) is 47.6 Å². The van der Waals surface area contributed by atoms with Gasteiger partial charge in [0.2, 0.25) is 0 Å². The Kier molecular flexibility index (Phi) is 5.62. The van der Waals surface area contributed by atoms with E-state index in [4.69, 9.17) is 4.74 Å². The first-order chi connectivity index (χ1) is 11.5. The number of hydrogen-bond donors (Lipinski definition) is 1. The number of ether oxygens (including phenoxy) is 1. The molecule has 0 fully saturated rings. The van der Waals surface area contributed by atoms with Gasteiger partial charge >= 0.3 is 0 Å². The first kappa shape index (κ1) is 17.1. The molecule has 124 valence electrons. The van der Waals surface area contributed by atoms with Gasteiger partial charge in [0.05, 0.1) is 11.1 Å². The Labute approximate surface area is 139 Å². The van der Waals surface area contributed by atoms with Crippen LogP contribution in [0, 0.1) is 24.0 Å². The topological polar surface area (TPSA) is 93.8 Å². The van der Waals surface area contributed by atoms with E-state index in [-0.39, 0.29) is 12.3 Å². The molecule has 1 amide bonds. The fraction of sp³-hybridized carbons (Fsp3) is 0.176. The van der Waals surface area contributed by atoms with Crippen LogP contribution < -0.4 is 10.2 Å². The van der Waals surface area contributed by atoms with E-state index in [1.54, 1.807) is 12.1 Å². The molecule has 7 heteroatoms. The van der Waals surface area contributed by atoms with Crippen molar-refractivity contribution in [2.24, 2.45) is 5.10 Å². The zero-order valence-electron chi connectivity index (χ0n) is 13.4. The van der Waals surface area contributed by atoms with Gasteiger partial charge in [-0.1, -0.05) is 18.2 Å². The number of non-ortho nitro benzene ring substituents is 1. The van der Waals surface area contributed by atoms with Crippen molar-refractivity contribution in [3.8, 4) is 5.75 Å². The number of hydrazone groups is 1. The number of nitro benzene ring substituents is 1. The van der Waals surface area contributed by atoms with Gasteiger partial charge in [-0.3, -0.25) is 14.9 Å². The summed E-state index contributed by atoms with van der Waals surface area (Å²) >= 11 is 0. The highest BCUT2D eigenvalue weighted by Gasteiger charge is 2.06. The molecule has 0 atom stereocenters. The molecule has 0 aromatic heterocycles. The van der Waals surface area contributed by atoms with Crippen molar-refractivity contribution in [3.05, 3.63) is 69.3 Å². The Balaban J connectivity index is 1.85. The highest BCUT2D eigenvalue weighted by molar-refractivity contribution is 5.83.